The minimum atomic E-state index is -3.54. The van der Waals surface area contributed by atoms with Gasteiger partial charge in [-0.2, -0.15) is 0 Å². The molecule has 0 saturated carbocycles. The number of carboxylic acid groups (broad SMARTS) is 1. The van der Waals surface area contributed by atoms with Crippen molar-refractivity contribution in [2.24, 2.45) is 7.05 Å². The lowest BCUT2D eigenvalue weighted by Gasteiger charge is -2.05. The maximum atomic E-state index is 12.3. The lowest BCUT2D eigenvalue weighted by atomic mass is 10.2. The quantitative estimate of drug-likeness (QED) is 0.873. The van der Waals surface area contributed by atoms with Crippen LogP contribution in [0.25, 0.3) is 0 Å². The zero-order chi connectivity index (χ0) is 15.6. The van der Waals surface area contributed by atoms with Crippen LogP contribution >= 0.6 is 0 Å². The second kappa shape index (κ2) is 5.65. The molecule has 8 heteroatoms. The standard InChI is InChI=1S/C13H15N3O4S/c1-9-14-15-12(16(9)2)8-21(19,20)11-5-3-10(4-6-11)7-13(17)18/h3-6H,7-8H2,1-2H3,(H,17,18). The molecule has 2 aromatic rings. The second-order valence-electron chi connectivity index (χ2n) is 4.70. The van der Waals surface area contributed by atoms with E-state index in [1.165, 1.54) is 24.3 Å². The first-order chi connectivity index (χ1) is 9.79. The highest BCUT2D eigenvalue weighted by molar-refractivity contribution is 7.90. The largest absolute Gasteiger partial charge is 0.481 e. The molecule has 0 saturated heterocycles. The highest BCUT2D eigenvalue weighted by atomic mass is 32.2. The third kappa shape index (κ3) is 3.46. The molecule has 1 aromatic carbocycles. The van der Waals surface area contributed by atoms with Gasteiger partial charge in [-0.05, 0) is 24.6 Å². The van der Waals surface area contributed by atoms with Gasteiger partial charge in [0.15, 0.2) is 9.84 Å². The fourth-order valence-corrected chi connectivity index (χ4v) is 3.13. The van der Waals surface area contributed by atoms with Crippen molar-refractivity contribution >= 4 is 15.8 Å². The summed E-state index contributed by atoms with van der Waals surface area (Å²) in [4.78, 5) is 10.7. The Labute approximate surface area is 122 Å². The van der Waals surface area contributed by atoms with Crippen LogP contribution < -0.4 is 0 Å². The maximum absolute atomic E-state index is 12.3. The summed E-state index contributed by atoms with van der Waals surface area (Å²) in [5, 5.41) is 16.4. The zero-order valence-corrected chi connectivity index (χ0v) is 12.5. The fourth-order valence-electron chi connectivity index (χ4n) is 1.82. The van der Waals surface area contributed by atoms with Crippen molar-refractivity contribution in [3.63, 3.8) is 0 Å². The van der Waals surface area contributed by atoms with Gasteiger partial charge in [0.2, 0.25) is 0 Å². The number of rotatable bonds is 5. The number of hydrogen-bond acceptors (Lipinski definition) is 5. The number of hydrogen-bond donors (Lipinski definition) is 1. The minimum absolute atomic E-state index is 0.136. The van der Waals surface area contributed by atoms with Crippen molar-refractivity contribution in [2.45, 2.75) is 24.0 Å². The Hall–Kier alpha value is -2.22. The van der Waals surface area contributed by atoms with Crippen LogP contribution in [-0.2, 0) is 33.9 Å². The van der Waals surface area contributed by atoms with Crippen LogP contribution in [0.3, 0.4) is 0 Å². The number of aromatic nitrogens is 3. The normalized spacial score (nSPS) is 11.5. The number of sulfone groups is 1. The molecule has 0 aliphatic rings. The van der Waals surface area contributed by atoms with E-state index in [4.69, 9.17) is 5.11 Å². The Kier molecular flexibility index (Phi) is 4.08. The van der Waals surface area contributed by atoms with Gasteiger partial charge >= 0.3 is 5.97 Å². The SMILES string of the molecule is Cc1nnc(CS(=O)(=O)c2ccc(CC(=O)O)cc2)n1C. The zero-order valence-electron chi connectivity index (χ0n) is 11.6. The van der Waals surface area contributed by atoms with E-state index in [0.717, 1.165) is 0 Å². The monoisotopic (exact) mass is 309 g/mol. The molecule has 7 nitrogen and oxygen atoms in total. The predicted octanol–water partition coefficient (Wildman–Crippen LogP) is 0.725. The van der Waals surface area contributed by atoms with Crippen LogP contribution in [0.5, 0.6) is 0 Å². The molecule has 0 spiro atoms. The smallest absolute Gasteiger partial charge is 0.307 e. The number of benzene rings is 1. The lowest BCUT2D eigenvalue weighted by molar-refractivity contribution is -0.136. The van der Waals surface area contributed by atoms with Crippen LogP contribution in [0.2, 0.25) is 0 Å². The van der Waals surface area contributed by atoms with E-state index in [2.05, 4.69) is 10.2 Å². The molecule has 112 valence electrons. The Morgan fingerprint density at radius 1 is 1.24 bits per heavy atom. The summed E-state index contributed by atoms with van der Waals surface area (Å²) >= 11 is 0. The minimum Gasteiger partial charge on any atom is -0.481 e. The van der Waals surface area contributed by atoms with Crippen molar-refractivity contribution in [3.05, 3.63) is 41.5 Å². The van der Waals surface area contributed by atoms with E-state index in [0.29, 0.717) is 17.2 Å². The molecule has 0 aliphatic carbocycles. The summed E-state index contributed by atoms with van der Waals surface area (Å²) in [6.07, 6.45) is -0.136. The summed E-state index contributed by atoms with van der Waals surface area (Å²) in [6.45, 7) is 1.74. The predicted molar refractivity (Wildman–Crippen MR) is 74.4 cm³/mol. The topological polar surface area (TPSA) is 102 Å². The molecule has 0 fully saturated rings. The van der Waals surface area contributed by atoms with Gasteiger partial charge in [0.25, 0.3) is 0 Å². The van der Waals surface area contributed by atoms with E-state index in [1.807, 2.05) is 0 Å². The van der Waals surface area contributed by atoms with Crippen LogP contribution in [0, 0.1) is 6.92 Å². The van der Waals surface area contributed by atoms with Crippen molar-refractivity contribution in [2.75, 3.05) is 0 Å². The van der Waals surface area contributed by atoms with Gasteiger partial charge in [0, 0.05) is 7.05 Å². The van der Waals surface area contributed by atoms with Gasteiger partial charge < -0.3 is 9.67 Å². The summed E-state index contributed by atoms with van der Waals surface area (Å²) < 4.78 is 26.2. The summed E-state index contributed by atoms with van der Waals surface area (Å²) in [6, 6.07) is 5.83. The molecule has 1 N–H and O–H groups in total. The van der Waals surface area contributed by atoms with Gasteiger partial charge in [-0.3, -0.25) is 4.79 Å². The number of carboxylic acids is 1. The van der Waals surface area contributed by atoms with Crippen LogP contribution in [0.1, 0.15) is 17.2 Å². The summed E-state index contributed by atoms with van der Waals surface area (Å²) in [5.74, 6) is -0.206. The molecule has 0 bridgehead atoms. The number of carbonyl (C=O) groups is 1. The van der Waals surface area contributed by atoms with Crippen molar-refractivity contribution in [3.8, 4) is 0 Å². The molecule has 2 rings (SSSR count). The lowest BCUT2D eigenvalue weighted by Crippen LogP contribution is -2.10. The summed E-state index contributed by atoms with van der Waals surface area (Å²) in [7, 11) is -1.83. The number of aryl methyl sites for hydroxylation is 1. The van der Waals surface area contributed by atoms with E-state index >= 15 is 0 Å². The van der Waals surface area contributed by atoms with Crippen molar-refractivity contribution in [1.82, 2.24) is 14.8 Å². The van der Waals surface area contributed by atoms with E-state index in [1.54, 1.807) is 18.5 Å². The second-order valence-corrected chi connectivity index (χ2v) is 6.69. The number of nitrogens with zero attached hydrogens (tertiary/aromatic N) is 3. The van der Waals surface area contributed by atoms with Crippen LogP contribution in [-0.4, -0.2) is 34.3 Å². The highest BCUT2D eigenvalue weighted by Gasteiger charge is 2.19. The average molecular weight is 309 g/mol. The Morgan fingerprint density at radius 2 is 1.86 bits per heavy atom. The molecule has 0 aliphatic heterocycles. The van der Waals surface area contributed by atoms with Gasteiger partial charge in [-0.25, -0.2) is 8.42 Å². The molecular weight excluding hydrogens is 294 g/mol. The first-order valence-electron chi connectivity index (χ1n) is 6.18. The Balaban J connectivity index is 2.23. The molecular formula is C13H15N3O4S. The van der Waals surface area contributed by atoms with Crippen molar-refractivity contribution < 1.29 is 18.3 Å². The third-order valence-electron chi connectivity index (χ3n) is 3.14. The van der Waals surface area contributed by atoms with E-state index in [-0.39, 0.29) is 17.1 Å². The van der Waals surface area contributed by atoms with Gasteiger partial charge in [-0.15, -0.1) is 10.2 Å². The van der Waals surface area contributed by atoms with E-state index in [9.17, 15) is 13.2 Å². The maximum Gasteiger partial charge on any atom is 0.307 e. The van der Waals surface area contributed by atoms with Crippen LogP contribution in [0.4, 0.5) is 0 Å². The highest BCUT2D eigenvalue weighted by Crippen LogP contribution is 2.16. The first-order valence-corrected chi connectivity index (χ1v) is 7.83. The van der Waals surface area contributed by atoms with Gasteiger partial charge in [-0.1, -0.05) is 12.1 Å². The molecule has 0 unspecified atom stereocenters. The van der Waals surface area contributed by atoms with Crippen LogP contribution in [0.15, 0.2) is 29.2 Å². The van der Waals surface area contributed by atoms with Gasteiger partial charge in [0.1, 0.15) is 17.4 Å². The Morgan fingerprint density at radius 3 is 2.33 bits per heavy atom. The Bertz CT molecular complexity index is 763. The molecule has 0 amide bonds. The molecule has 1 aromatic heterocycles. The fraction of sp³-hybridized carbons (Fsp3) is 0.308. The molecule has 0 radical (unpaired) electrons. The number of aliphatic carboxylic acids is 1. The molecule has 1 heterocycles. The summed E-state index contributed by atoms with van der Waals surface area (Å²) in [5.41, 5.74) is 0.552. The van der Waals surface area contributed by atoms with Crippen molar-refractivity contribution in [1.29, 1.82) is 0 Å². The molecule has 0 atom stereocenters. The van der Waals surface area contributed by atoms with E-state index < -0.39 is 15.8 Å². The average Bonchev–Trinajstić information content (AvgIpc) is 2.70. The first kappa shape index (κ1) is 15.2. The molecule has 21 heavy (non-hydrogen) atoms. The van der Waals surface area contributed by atoms with Gasteiger partial charge in [0.05, 0.1) is 11.3 Å². The third-order valence-corrected chi connectivity index (χ3v) is 4.77.